The Hall–Kier alpha value is -1.28. The van der Waals surface area contributed by atoms with Crippen LogP contribution in [0.15, 0.2) is 24.3 Å². The molecule has 3 amide bonds. The first kappa shape index (κ1) is 21.0. The molecule has 1 aromatic carbocycles. The van der Waals surface area contributed by atoms with E-state index in [9.17, 15) is 18.8 Å². The molecule has 3 aliphatic rings. The van der Waals surface area contributed by atoms with Crippen LogP contribution in [0.3, 0.4) is 0 Å². The first-order valence-corrected chi connectivity index (χ1v) is 11.7. The zero-order valence-corrected chi connectivity index (χ0v) is 19.3. The van der Waals surface area contributed by atoms with E-state index in [4.69, 9.17) is 0 Å². The number of carbonyl (C=O) groups excluding carboxylic acids is 3. The number of halogens is 3. The lowest BCUT2D eigenvalue weighted by Gasteiger charge is -2.28. The molecule has 1 saturated heterocycles. The number of rotatable bonds is 5. The Labute approximate surface area is 186 Å². The fraction of sp³-hybridized carbons (Fsp3) is 0.571. The summed E-state index contributed by atoms with van der Waals surface area (Å²) in [6.45, 7) is 3.91. The standard InChI is InChI=1S/C21H23Br2FN2O3/c1-9(2)7-14(19(27)25-11-5-3-10(24)4-6-11)26-20(28)15-12-8-13(16(15)21(26)29)18(23)17(12)22/h3-6,9,12-18H,7-8H2,1-2H3,(H,25,27)/t12-,13-,14-,15-,16+,17+,18+/m1/s1. The minimum absolute atomic E-state index is 0.107. The summed E-state index contributed by atoms with van der Waals surface area (Å²) in [7, 11) is 0. The lowest BCUT2D eigenvalue weighted by Crippen LogP contribution is -2.49. The van der Waals surface area contributed by atoms with Crippen LogP contribution in [-0.4, -0.2) is 38.3 Å². The molecule has 0 spiro atoms. The number of carbonyl (C=O) groups is 3. The molecule has 1 aliphatic heterocycles. The van der Waals surface area contributed by atoms with E-state index in [2.05, 4.69) is 37.2 Å². The van der Waals surface area contributed by atoms with Crippen LogP contribution in [-0.2, 0) is 14.4 Å². The maximum absolute atomic E-state index is 13.3. The van der Waals surface area contributed by atoms with Gasteiger partial charge in [-0.05, 0) is 54.9 Å². The number of hydrogen-bond acceptors (Lipinski definition) is 3. The number of alkyl halides is 2. The molecule has 5 nitrogen and oxygen atoms in total. The maximum Gasteiger partial charge on any atom is 0.247 e. The third kappa shape index (κ3) is 3.46. The van der Waals surface area contributed by atoms with Crippen LogP contribution in [0.25, 0.3) is 0 Å². The largest absolute Gasteiger partial charge is 0.324 e. The Morgan fingerprint density at radius 3 is 2.10 bits per heavy atom. The van der Waals surface area contributed by atoms with Gasteiger partial charge in [-0.2, -0.15) is 0 Å². The topological polar surface area (TPSA) is 66.5 Å². The van der Waals surface area contributed by atoms with Crippen LogP contribution in [0.2, 0.25) is 0 Å². The Kier molecular flexibility index (Phi) is 5.61. The van der Waals surface area contributed by atoms with E-state index in [-0.39, 0.29) is 51.1 Å². The molecule has 7 atom stereocenters. The van der Waals surface area contributed by atoms with Crippen molar-refractivity contribution in [3.05, 3.63) is 30.1 Å². The molecule has 2 bridgehead atoms. The minimum Gasteiger partial charge on any atom is -0.324 e. The molecule has 3 fully saturated rings. The normalized spacial score (nSPS) is 34.1. The number of imide groups is 1. The fourth-order valence-corrected chi connectivity index (χ4v) is 7.09. The van der Waals surface area contributed by atoms with E-state index in [1.807, 2.05) is 13.8 Å². The van der Waals surface area contributed by atoms with E-state index in [1.54, 1.807) is 0 Å². The van der Waals surface area contributed by atoms with Gasteiger partial charge in [0.05, 0.1) is 11.8 Å². The minimum atomic E-state index is -0.868. The van der Waals surface area contributed by atoms with Gasteiger partial charge in [-0.1, -0.05) is 45.7 Å². The average Bonchev–Trinajstić information content (AvgIpc) is 3.27. The van der Waals surface area contributed by atoms with Crippen LogP contribution >= 0.6 is 31.9 Å². The van der Waals surface area contributed by atoms with Crippen LogP contribution in [0.1, 0.15) is 26.7 Å². The second-order valence-corrected chi connectivity index (χ2v) is 10.8. The molecule has 1 N–H and O–H groups in total. The summed E-state index contributed by atoms with van der Waals surface area (Å²) in [6.07, 6.45) is 1.23. The molecule has 8 heteroatoms. The average molecular weight is 530 g/mol. The second-order valence-electron chi connectivity index (χ2n) is 8.69. The van der Waals surface area contributed by atoms with Crippen molar-refractivity contribution >= 4 is 55.3 Å². The molecular weight excluding hydrogens is 507 g/mol. The number of fused-ring (bicyclic) bond motifs is 5. The highest BCUT2D eigenvalue weighted by atomic mass is 79.9. The molecule has 2 aliphatic carbocycles. The predicted molar refractivity (Wildman–Crippen MR) is 114 cm³/mol. The lowest BCUT2D eigenvalue weighted by molar-refractivity contribution is -0.147. The van der Waals surface area contributed by atoms with Gasteiger partial charge in [0.25, 0.3) is 0 Å². The van der Waals surface area contributed by atoms with Crippen molar-refractivity contribution in [2.45, 2.75) is 42.4 Å². The van der Waals surface area contributed by atoms with E-state index < -0.39 is 17.8 Å². The van der Waals surface area contributed by atoms with Crippen LogP contribution in [0, 0.1) is 35.4 Å². The van der Waals surface area contributed by atoms with Crippen molar-refractivity contribution in [3.8, 4) is 0 Å². The molecule has 0 unspecified atom stereocenters. The zero-order valence-electron chi connectivity index (χ0n) is 16.1. The van der Waals surface area contributed by atoms with Gasteiger partial charge in [-0.25, -0.2) is 4.39 Å². The summed E-state index contributed by atoms with van der Waals surface area (Å²) in [5, 5.41) is 2.74. The van der Waals surface area contributed by atoms with Crippen molar-refractivity contribution in [2.24, 2.45) is 29.6 Å². The third-order valence-electron chi connectivity index (χ3n) is 6.44. The van der Waals surface area contributed by atoms with Crippen LogP contribution in [0.5, 0.6) is 0 Å². The highest BCUT2D eigenvalue weighted by molar-refractivity contribution is 9.12. The number of hydrogen-bond donors (Lipinski definition) is 1. The number of nitrogens with one attached hydrogen (secondary N) is 1. The van der Waals surface area contributed by atoms with Gasteiger partial charge < -0.3 is 5.32 Å². The van der Waals surface area contributed by atoms with E-state index in [1.165, 1.54) is 29.2 Å². The second kappa shape index (κ2) is 7.76. The molecule has 29 heavy (non-hydrogen) atoms. The van der Waals surface area contributed by atoms with Crippen molar-refractivity contribution < 1.29 is 18.8 Å². The molecule has 0 radical (unpaired) electrons. The van der Waals surface area contributed by atoms with Gasteiger partial charge in [0, 0.05) is 15.3 Å². The van der Waals surface area contributed by atoms with E-state index in [0.29, 0.717) is 12.1 Å². The molecule has 1 aromatic rings. The van der Waals surface area contributed by atoms with Gasteiger partial charge in [0.15, 0.2) is 0 Å². The highest BCUT2D eigenvalue weighted by Gasteiger charge is 2.67. The van der Waals surface area contributed by atoms with Crippen molar-refractivity contribution in [2.75, 3.05) is 5.32 Å². The summed E-state index contributed by atoms with van der Waals surface area (Å²) >= 11 is 7.36. The Morgan fingerprint density at radius 1 is 1.10 bits per heavy atom. The first-order valence-electron chi connectivity index (χ1n) is 9.92. The maximum atomic E-state index is 13.3. The van der Waals surface area contributed by atoms with Crippen molar-refractivity contribution in [1.82, 2.24) is 4.90 Å². The molecule has 156 valence electrons. The Bertz CT molecular complexity index is 815. The SMILES string of the molecule is CC(C)C[C@H](C(=O)Nc1ccc(F)cc1)N1C(=O)[C@@H]2[C@H]3C[C@@H]([C@H](Br)[C@H]3Br)[C@@H]2C1=O. The van der Waals surface area contributed by atoms with Gasteiger partial charge in [0.2, 0.25) is 17.7 Å². The number of anilines is 1. The van der Waals surface area contributed by atoms with Crippen molar-refractivity contribution in [3.63, 3.8) is 0 Å². The summed E-state index contributed by atoms with van der Waals surface area (Å²) in [4.78, 5) is 41.2. The molecule has 1 heterocycles. The van der Waals surface area contributed by atoms with Gasteiger partial charge in [-0.3, -0.25) is 19.3 Å². The Morgan fingerprint density at radius 2 is 1.62 bits per heavy atom. The lowest BCUT2D eigenvalue weighted by atomic mass is 9.81. The van der Waals surface area contributed by atoms with E-state index in [0.717, 1.165) is 6.42 Å². The summed E-state index contributed by atoms with van der Waals surface area (Å²) in [6, 6.07) is 4.58. The number of benzene rings is 1. The van der Waals surface area contributed by atoms with Crippen LogP contribution < -0.4 is 5.32 Å². The quantitative estimate of drug-likeness (QED) is 0.464. The van der Waals surface area contributed by atoms with Gasteiger partial charge in [-0.15, -0.1) is 0 Å². The van der Waals surface area contributed by atoms with Crippen LogP contribution in [0.4, 0.5) is 10.1 Å². The van der Waals surface area contributed by atoms with E-state index >= 15 is 0 Å². The summed E-state index contributed by atoms with van der Waals surface area (Å²) in [5.74, 6) is -1.63. The van der Waals surface area contributed by atoms with Gasteiger partial charge >= 0.3 is 0 Å². The number of amides is 3. The highest BCUT2D eigenvalue weighted by Crippen LogP contribution is 2.60. The van der Waals surface area contributed by atoms with Crippen molar-refractivity contribution in [1.29, 1.82) is 0 Å². The molecule has 0 aromatic heterocycles. The molecular formula is C21H23Br2FN2O3. The fourth-order valence-electron chi connectivity index (χ4n) is 5.21. The molecule has 2 saturated carbocycles. The molecule has 4 rings (SSSR count). The summed E-state index contributed by atoms with van der Waals surface area (Å²) < 4.78 is 13.2. The predicted octanol–water partition coefficient (Wildman–Crippen LogP) is 3.96. The number of nitrogens with zero attached hydrogens (tertiary/aromatic N) is 1. The third-order valence-corrected chi connectivity index (χ3v) is 9.65. The summed E-state index contributed by atoms with van der Waals surface area (Å²) in [5.41, 5.74) is 0.436. The zero-order chi connectivity index (χ0) is 21.0. The number of likely N-dealkylation sites (tertiary alicyclic amines) is 1. The Balaban J connectivity index is 1.60. The first-order chi connectivity index (χ1) is 13.7. The monoisotopic (exact) mass is 528 g/mol. The smallest absolute Gasteiger partial charge is 0.247 e. The van der Waals surface area contributed by atoms with Gasteiger partial charge in [0.1, 0.15) is 11.9 Å².